The summed E-state index contributed by atoms with van der Waals surface area (Å²) in [6.07, 6.45) is 3.73. The van der Waals surface area contributed by atoms with Crippen molar-refractivity contribution in [3.63, 3.8) is 0 Å². The quantitative estimate of drug-likeness (QED) is 0.689. The Morgan fingerprint density at radius 1 is 0.963 bits per heavy atom. The van der Waals surface area contributed by atoms with Gasteiger partial charge in [0, 0.05) is 19.6 Å². The number of rotatable bonds is 8. The van der Waals surface area contributed by atoms with E-state index in [-0.39, 0.29) is 0 Å². The zero-order valence-electron chi connectivity index (χ0n) is 17.2. The Kier molecular flexibility index (Phi) is 7.31. The van der Waals surface area contributed by atoms with Crippen LogP contribution in [0.25, 0.3) is 0 Å². The van der Waals surface area contributed by atoms with Gasteiger partial charge in [0.1, 0.15) is 5.75 Å². The number of ether oxygens (including phenoxy) is 1. The molecule has 1 fully saturated rings. The van der Waals surface area contributed by atoms with Crippen molar-refractivity contribution < 1.29 is 4.74 Å². The Hall–Kier alpha value is -1.84. The SMILES string of the molecule is COc1ccc(CCN(Cc2ccc(C)cc2)CC2CCN(C)CC2)cc1. The Labute approximate surface area is 164 Å². The maximum Gasteiger partial charge on any atom is 0.118 e. The van der Waals surface area contributed by atoms with Crippen molar-refractivity contribution in [3.8, 4) is 5.75 Å². The van der Waals surface area contributed by atoms with Gasteiger partial charge in [-0.3, -0.25) is 4.90 Å². The molecule has 2 aromatic rings. The number of aryl methyl sites for hydroxylation is 1. The van der Waals surface area contributed by atoms with Crippen molar-refractivity contribution in [3.05, 3.63) is 65.2 Å². The summed E-state index contributed by atoms with van der Waals surface area (Å²) in [4.78, 5) is 5.11. The minimum atomic E-state index is 0.822. The molecule has 0 amide bonds. The normalized spacial score (nSPS) is 16.0. The Bertz CT molecular complexity index is 673. The minimum absolute atomic E-state index is 0.822. The molecule has 27 heavy (non-hydrogen) atoms. The van der Waals surface area contributed by atoms with Crippen LogP contribution in [-0.2, 0) is 13.0 Å². The molecule has 3 rings (SSSR count). The summed E-state index contributed by atoms with van der Waals surface area (Å²) in [5, 5.41) is 0. The van der Waals surface area contributed by atoms with Gasteiger partial charge in [0.05, 0.1) is 7.11 Å². The average Bonchev–Trinajstić information content (AvgIpc) is 2.70. The van der Waals surface area contributed by atoms with Crippen LogP contribution in [0.3, 0.4) is 0 Å². The van der Waals surface area contributed by atoms with E-state index in [1.165, 1.54) is 49.2 Å². The lowest BCUT2D eigenvalue weighted by Gasteiger charge is -2.33. The number of hydrogen-bond acceptors (Lipinski definition) is 3. The monoisotopic (exact) mass is 366 g/mol. The third kappa shape index (κ3) is 6.37. The van der Waals surface area contributed by atoms with Gasteiger partial charge in [-0.2, -0.15) is 0 Å². The molecule has 3 heteroatoms. The highest BCUT2D eigenvalue weighted by Gasteiger charge is 2.19. The fourth-order valence-electron chi connectivity index (χ4n) is 3.88. The number of likely N-dealkylation sites (tertiary alicyclic amines) is 1. The van der Waals surface area contributed by atoms with Gasteiger partial charge >= 0.3 is 0 Å². The number of nitrogens with zero attached hydrogens (tertiary/aromatic N) is 2. The topological polar surface area (TPSA) is 15.7 Å². The summed E-state index contributed by atoms with van der Waals surface area (Å²) >= 11 is 0. The van der Waals surface area contributed by atoms with Crippen LogP contribution in [0.2, 0.25) is 0 Å². The van der Waals surface area contributed by atoms with Gasteiger partial charge in [0.15, 0.2) is 0 Å². The zero-order chi connectivity index (χ0) is 19.1. The van der Waals surface area contributed by atoms with Crippen LogP contribution in [-0.4, -0.2) is 50.1 Å². The van der Waals surface area contributed by atoms with Crippen LogP contribution in [0.15, 0.2) is 48.5 Å². The van der Waals surface area contributed by atoms with Gasteiger partial charge in [-0.1, -0.05) is 42.0 Å². The molecule has 146 valence electrons. The van der Waals surface area contributed by atoms with E-state index >= 15 is 0 Å². The molecule has 1 aliphatic heterocycles. The van der Waals surface area contributed by atoms with Crippen LogP contribution in [0.1, 0.15) is 29.5 Å². The number of methoxy groups -OCH3 is 1. The molecule has 0 atom stereocenters. The van der Waals surface area contributed by atoms with Crippen molar-refractivity contribution >= 4 is 0 Å². The first kappa shape index (κ1) is 19.9. The predicted octanol–water partition coefficient (Wildman–Crippen LogP) is 4.39. The van der Waals surface area contributed by atoms with E-state index in [0.717, 1.165) is 31.2 Å². The van der Waals surface area contributed by atoms with E-state index in [9.17, 15) is 0 Å². The third-order valence-electron chi connectivity index (χ3n) is 5.76. The Balaban J connectivity index is 1.61. The lowest BCUT2D eigenvalue weighted by Crippen LogP contribution is -2.37. The fourth-order valence-corrected chi connectivity index (χ4v) is 3.88. The highest BCUT2D eigenvalue weighted by atomic mass is 16.5. The van der Waals surface area contributed by atoms with Gasteiger partial charge in [-0.15, -0.1) is 0 Å². The average molecular weight is 367 g/mol. The van der Waals surface area contributed by atoms with E-state index in [0.29, 0.717) is 0 Å². The molecule has 2 aromatic carbocycles. The molecule has 3 nitrogen and oxygen atoms in total. The summed E-state index contributed by atoms with van der Waals surface area (Å²) in [5.74, 6) is 1.75. The lowest BCUT2D eigenvalue weighted by atomic mass is 9.96. The second kappa shape index (κ2) is 9.91. The first-order valence-corrected chi connectivity index (χ1v) is 10.2. The number of benzene rings is 2. The molecule has 0 saturated carbocycles. The molecule has 0 N–H and O–H groups in total. The molecule has 0 spiro atoms. The van der Waals surface area contributed by atoms with Gasteiger partial charge < -0.3 is 9.64 Å². The Morgan fingerprint density at radius 2 is 1.59 bits per heavy atom. The first-order chi connectivity index (χ1) is 13.1. The lowest BCUT2D eigenvalue weighted by molar-refractivity contribution is 0.157. The Morgan fingerprint density at radius 3 is 2.22 bits per heavy atom. The summed E-state index contributed by atoms with van der Waals surface area (Å²) in [7, 11) is 3.96. The minimum Gasteiger partial charge on any atom is -0.497 e. The van der Waals surface area contributed by atoms with Crippen LogP contribution in [0.5, 0.6) is 5.75 Å². The smallest absolute Gasteiger partial charge is 0.118 e. The van der Waals surface area contributed by atoms with Gasteiger partial charge in [-0.05, 0) is 75.5 Å². The molecular formula is C24H34N2O. The summed E-state index contributed by atoms with van der Waals surface area (Å²) < 4.78 is 5.28. The largest absolute Gasteiger partial charge is 0.497 e. The van der Waals surface area contributed by atoms with Gasteiger partial charge in [0.2, 0.25) is 0 Å². The van der Waals surface area contributed by atoms with E-state index in [1.54, 1.807) is 7.11 Å². The van der Waals surface area contributed by atoms with Crippen molar-refractivity contribution in [2.24, 2.45) is 5.92 Å². The molecule has 0 bridgehead atoms. The molecule has 0 aromatic heterocycles. The maximum absolute atomic E-state index is 5.28. The molecular weight excluding hydrogens is 332 g/mol. The van der Waals surface area contributed by atoms with E-state index in [1.807, 2.05) is 0 Å². The van der Waals surface area contributed by atoms with Crippen LogP contribution >= 0.6 is 0 Å². The molecule has 0 radical (unpaired) electrons. The predicted molar refractivity (Wildman–Crippen MR) is 113 cm³/mol. The summed E-state index contributed by atoms with van der Waals surface area (Å²) in [6.45, 7) is 7.99. The number of hydrogen-bond donors (Lipinski definition) is 0. The molecule has 1 aliphatic rings. The molecule has 0 aliphatic carbocycles. The molecule has 1 saturated heterocycles. The standard InChI is InChI=1S/C24H34N2O/c1-20-4-6-22(7-5-20)18-26(19-23-12-15-25(2)16-13-23)17-14-21-8-10-24(27-3)11-9-21/h4-11,23H,12-19H2,1-3H3. The van der Waals surface area contributed by atoms with Crippen molar-refractivity contribution in [1.29, 1.82) is 0 Å². The van der Waals surface area contributed by atoms with E-state index in [4.69, 9.17) is 4.74 Å². The molecule has 1 heterocycles. The summed E-state index contributed by atoms with van der Waals surface area (Å²) in [6, 6.07) is 17.5. The van der Waals surface area contributed by atoms with Crippen LogP contribution in [0.4, 0.5) is 0 Å². The third-order valence-corrected chi connectivity index (χ3v) is 5.76. The van der Waals surface area contributed by atoms with E-state index < -0.39 is 0 Å². The van der Waals surface area contributed by atoms with Crippen molar-refractivity contribution in [2.75, 3.05) is 40.3 Å². The van der Waals surface area contributed by atoms with Crippen molar-refractivity contribution in [2.45, 2.75) is 32.7 Å². The first-order valence-electron chi connectivity index (χ1n) is 10.2. The van der Waals surface area contributed by atoms with E-state index in [2.05, 4.69) is 72.3 Å². The zero-order valence-corrected chi connectivity index (χ0v) is 17.2. The van der Waals surface area contributed by atoms with Crippen LogP contribution in [0, 0.1) is 12.8 Å². The second-order valence-corrected chi connectivity index (χ2v) is 8.07. The maximum atomic E-state index is 5.28. The van der Waals surface area contributed by atoms with Crippen molar-refractivity contribution in [1.82, 2.24) is 9.80 Å². The van der Waals surface area contributed by atoms with Gasteiger partial charge in [-0.25, -0.2) is 0 Å². The van der Waals surface area contributed by atoms with Crippen LogP contribution < -0.4 is 4.74 Å². The summed E-state index contributed by atoms with van der Waals surface area (Å²) in [5.41, 5.74) is 4.13. The second-order valence-electron chi connectivity index (χ2n) is 8.07. The number of piperidine rings is 1. The van der Waals surface area contributed by atoms with Gasteiger partial charge in [0.25, 0.3) is 0 Å². The fraction of sp³-hybridized carbons (Fsp3) is 0.500. The highest BCUT2D eigenvalue weighted by molar-refractivity contribution is 5.27. The highest BCUT2D eigenvalue weighted by Crippen LogP contribution is 2.20. The molecule has 0 unspecified atom stereocenters.